The highest BCUT2D eigenvalue weighted by atomic mass is 32.2. The molecule has 0 N–H and O–H groups in total. The van der Waals surface area contributed by atoms with E-state index < -0.39 is 5.97 Å². The van der Waals surface area contributed by atoms with Gasteiger partial charge in [-0.2, -0.15) is 0 Å². The van der Waals surface area contributed by atoms with Crippen molar-refractivity contribution < 1.29 is 19.1 Å². The van der Waals surface area contributed by atoms with Crippen LogP contribution in [0.25, 0.3) is 12.2 Å². The van der Waals surface area contributed by atoms with Crippen molar-refractivity contribution in [3.05, 3.63) is 83.3 Å². The number of hydrogen-bond acceptors (Lipinski definition) is 6. The fourth-order valence-electron chi connectivity index (χ4n) is 2.60. The Labute approximate surface area is 184 Å². The van der Waals surface area contributed by atoms with Crippen molar-refractivity contribution in [2.75, 3.05) is 13.7 Å². The predicted octanol–water partition coefficient (Wildman–Crippen LogP) is 4.70. The summed E-state index contributed by atoms with van der Waals surface area (Å²) >= 11 is 6.48. The van der Waals surface area contributed by atoms with Gasteiger partial charge in [0.1, 0.15) is 15.8 Å². The number of carbonyl (C=O) groups is 2. The van der Waals surface area contributed by atoms with E-state index in [1.54, 1.807) is 49.6 Å². The molecule has 1 amide bonds. The molecule has 0 bridgehead atoms. The number of thiocarbonyl (C=S) groups is 1. The van der Waals surface area contributed by atoms with Gasteiger partial charge in [0.15, 0.2) is 0 Å². The largest absolute Gasteiger partial charge is 0.497 e. The lowest BCUT2D eigenvalue weighted by Crippen LogP contribution is -2.27. The summed E-state index contributed by atoms with van der Waals surface area (Å²) in [6, 6.07) is 14.2. The van der Waals surface area contributed by atoms with Crippen LogP contribution in [0, 0.1) is 0 Å². The van der Waals surface area contributed by atoms with Crippen LogP contribution < -0.4 is 9.47 Å². The maximum atomic E-state index is 12.4. The summed E-state index contributed by atoms with van der Waals surface area (Å²) in [6.07, 6.45) is 6.43. The Balaban J connectivity index is 1.61. The lowest BCUT2D eigenvalue weighted by Gasteiger charge is -2.10. The van der Waals surface area contributed by atoms with E-state index in [1.807, 2.05) is 24.3 Å². The third-order valence-electron chi connectivity index (χ3n) is 4.11. The molecule has 30 heavy (non-hydrogen) atoms. The van der Waals surface area contributed by atoms with Crippen LogP contribution in [0.1, 0.15) is 11.1 Å². The number of rotatable bonds is 7. The molecular formula is C23H19NO4S2. The Morgan fingerprint density at radius 3 is 2.37 bits per heavy atom. The van der Waals surface area contributed by atoms with Gasteiger partial charge in [0.25, 0.3) is 5.91 Å². The van der Waals surface area contributed by atoms with Gasteiger partial charge in [-0.05, 0) is 47.5 Å². The number of methoxy groups -OCH3 is 1. The number of amides is 1. The number of nitrogens with zero attached hydrogens (tertiary/aromatic N) is 1. The molecule has 1 heterocycles. The van der Waals surface area contributed by atoms with E-state index in [4.69, 9.17) is 21.7 Å². The highest BCUT2D eigenvalue weighted by molar-refractivity contribution is 8.26. The average molecular weight is 438 g/mol. The first kappa shape index (κ1) is 21.5. The molecule has 1 fully saturated rings. The monoisotopic (exact) mass is 437 g/mol. The number of thioether (sulfide) groups is 1. The molecule has 5 nitrogen and oxygen atoms in total. The van der Waals surface area contributed by atoms with Crippen LogP contribution in [-0.4, -0.2) is 34.8 Å². The molecule has 7 heteroatoms. The number of ether oxygens (including phenoxy) is 2. The molecule has 1 aliphatic rings. The minimum absolute atomic E-state index is 0.135. The van der Waals surface area contributed by atoms with Crippen LogP contribution >= 0.6 is 24.0 Å². The maximum absolute atomic E-state index is 12.4. The molecule has 2 aromatic rings. The molecule has 0 saturated carbocycles. The predicted molar refractivity (Wildman–Crippen MR) is 124 cm³/mol. The smallest absolute Gasteiger partial charge is 0.336 e. The summed E-state index contributed by atoms with van der Waals surface area (Å²) in [4.78, 5) is 26.4. The highest BCUT2D eigenvalue weighted by Gasteiger charge is 2.30. The minimum Gasteiger partial charge on any atom is -0.497 e. The molecule has 0 radical (unpaired) electrons. The third-order valence-corrected chi connectivity index (χ3v) is 5.49. The molecule has 1 saturated heterocycles. The van der Waals surface area contributed by atoms with Crippen molar-refractivity contribution in [2.24, 2.45) is 0 Å². The summed E-state index contributed by atoms with van der Waals surface area (Å²) in [6.45, 7) is 4.03. The van der Waals surface area contributed by atoms with E-state index in [9.17, 15) is 9.59 Å². The zero-order chi connectivity index (χ0) is 21.5. The minimum atomic E-state index is -0.483. The summed E-state index contributed by atoms with van der Waals surface area (Å²) in [7, 11) is 1.60. The third kappa shape index (κ3) is 5.46. The first-order valence-electron chi connectivity index (χ1n) is 9.00. The molecule has 0 aromatic heterocycles. The van der Waals surface area contributed by atoms with E-state index in [2.05, 4.69) is 6.58 Å². The molecule has 1 aliphatic heterocycles. The van der Waals surface area contributed by atoms with Crippen molar-refractivity contribution in [3.8, 4) is 11.5 Å². The Morgan fingerprint density at radius 2 is 1.73 bits per heavy atom. The van der Waals surface area contributed by atoms with E-state index in [-0.39, 0.29) is 5.91 Å². The van der Waals surface area contributed by atoms with Crippen LogP contribution in [0.3, 0.4) is 0 Å². The number of carbonyl (C=O) groups excluding carboxylic acids is 2. The van der Waals surface area contributed by atoms with Gasteiger partial charge in [-0.25, -0.2) is 4.79 Å². The maximum Gasteiger partial charge on any atom is 0.336 e. The van der Waals surface area contributed by atoms with Gasteiger partial charge in [-0.1, -0.05) is 54.3 Å². The highest BCUT2D eigenvalue weighted by Crippen LogP contribution is 2.32. The molecule has 152 valence electrons. The number of esters is 1. The van der Waals surface area contributed by atoms with Crippen molar-refractivity contribution in [2.45, 2.75) is 0 Å². The molecule has 0 spiro atoms. The van der Waals surface area contributed by atoms with Crippen LogP contribution in [0.2, 0.25) is 0 Å². The van der Waals surface area contributed by atoms with E-state index in [1.165, 1.54) is 22.7 Å². The molecule has 3 rings (SSSR count). The van der Waals surface area contributed by atoms with Crippen LogP contribution in [-0.2, 0) is 9.59 Å². The topological polar surface area (TPSA) is 55.8 Å². The Hall–Kier alpha value is -3.16. The summed E-state index contributed by atoms with van der Waals surface area (Å²) in [5.74, 6) is 0.543. The molecule has 0 aliphatic carbocycles. The SMILES string of the molecule is C=CCN1C(=O)C(=Cc2ccc(OC(=O)C=Cc3ccc(OC)cc3)cc2)SC1=S. The second-order valence-corrected chi connectivity index (χ2v) is 7.85. The van der Waals surface area contributed by atoms with Crippen molar-refractivity contribution in [3.63, 3.8) is 0 Å². The normalized spacial score (nSPS) is 15.1. The first-order valence-corrected chi connectivity index (χ1v) is 10.2. The van der Waals surface area contributed by atoms with Gasteiger partial charge >= 0.3 is 5.97 Å². The fraction of sp³-hybridized carbons (Fsp3) is 0.0870. The van der Waals surface area contributed by atoms with Gasteiger partial charge in [0.2, 0.25) is 0 Å². The van der Waals surface area contributed by atoms with E-state index in [0.717, 1.165) is 16.9 Å². The van der Waals surface area contributed by atoms with E-state index in [0.29, 0.717) is 21.5 Å². The van der Waals surface area contributed by atoms with Gasteiger partial charge < -0.3 is 9.47 Å². The van der Waals surface area contributed by atoms with Crippen molar-refractivity contribution in [1.29, 1.82) is 0 Å². The second-order valence-electron chi connectivity index (χ2n) is 6.18. The summed E-state index contributed by atoms with van der Waals surface area (Å²) in [5, 5.41) is 0. The Morgan fingerprint density at radius 1 is 1.10 bits per heavy atom. The van der Waals surface area contributed by atoms with Gasteiger partial charge in [-0.15, -0.1) is 6.58 Å². The lowest BCUT2D eigenvalue weighted by atomic mass is 10.2. The zero-order valence-electron chi connectivity index (χ0n) is 16.2. The zero-order valence-corrected chi connectivity index (χ0v) is 17.9. The van der Waals surface area contributed by atoms with Gasteiger partial charge in [0, 0.05) is 12.6 Å². The molecule has 2 aromatic carbocycles. The Kier molecular flexibility index (Phi) is 7.21. The average Bonchev–Trinajstić information content (AvgIpc) is 3.01. The van der Waals surface area contributed by atoms with Gasteiger partial charge in [0.05, 0.1) is 12.0 Å². The summed E-state index contributed by atoms with van der Waals surface area (Å²) < 4.78 is 10.9. The first-order chi connectivity index (χ1) is 14.5. The van der Waals surface area contributed by atoms with Gasteiger partial charge in [-0.3, -0.25) is 9.69 Å². The quantitative estimate of drug-likeness (QED) is 0.206. The number of hydrogen-bond donors (Lipinski definition) is 0. The van der Waals surface area contributed by atoms with Crippen LogP contribution in [0.5, 0.6) is 11.5 Å². The van der Waals surface area contributed by atoms with Crippen LogP contribution in [0.15, 0.2) is 72.2 Å². The molecular weight excluding hydrogens is 418 g/mol. The summed E-state index contributed by atoms with van der Waals surface area (Å²) in [5.41, 5.74) is 1.67. The van der Waals surface area contributed by atoms with Crippen molar-refractivity contribution in [1.82, 2.24) is 4.90 Å². The lowest BCUT2D eigenvalue weighted by molar-refractivity contribution is -0.129. The molecule has 0 atom stereocenters. The number of benzene rings is 2. The Bertz CT molecular complexity index is 1020. The fourth-order valence-corrected chi connectivity index (χ4v) is 3.87. The second kappa shape index (κ2) is 10.0. The van der Waals surface area contributed by atoms with Crippen molar-refractivity contribution >= 4 is 52.3 Å². The van der Waals surface area contributed by atoms with Crippen LogP contribution in [0.4, 0.5) is 0 Å². The standard InChI is InChI=1S/C23H19NO4S2/c1-3-14-24-22(26)20(30-23(24)29)15-17-6-11-19(12-7-17)28-21(25)13-8-16-4-9-18(27-2)10-5-16/h3-13,15H,1,14H2,2H3. The molecule has 0 unspecified atom stereocenters. The van der Waals surface area contributed by atoms with E-state index >= 15 is 0 Å².